The molecule has 0 aliphatic carbocycles. The maximum absolute atomic E-state index is 14.2. The number of esters is 1. The lowest BCUT2D eigenvalue weighted by Crippen LogP contribution is -2.36. The van der Waals surface area contributed by atoms with E-state index in [9.17, 15) is 13.8 Å². The van der Waals surface area contributed by atoms with Crippen molar-refractivity contribution in [3.63, 3.8) is 0 Å². The van der Waals surface area contributed by atoms with Gasteiger partial charge in [0.15, 0.2) is 0 Å². The van der Waals surface area contributed by atoms with E-state index in [0.29, 0.717) is 0 Å². The first-order chi connectivity index (χ1) is 13.0. The van der Waals surface area contributed by atoms with Crippen LogP contribution in [-0.2, 0) is 23.4 Å². The highest BCUT2D eigenvalue weighted by Crippen LogP contribution is 2.46. The Hall–Kier alpha value is -1.41. The maximum atomic E-state index is 14.2. The third kappa shape index (κ3) is 6.59. The van der Waals surface area contributed by atoms with E-state index in [4.69, 9.17) is 26.4 Å². The minimum absolute atomic E-state index is 0.00948. The van der Waals surface area contributed by atoms with E-state index in [1.807, 2.05) is 0 Å². The summed E-state index contributed by atoms with van der Waals surface area (Å²) >= 11 is 0. The van der Waals surface area contributed by atoms with Gasteiger partial charge in [-0.25, -0.2) is 8.96 Å². The molecule has 1 aromatic rings. The van der Waals surface area contributed by atoms with E-state index in [0.717, 1.165) is 0 Å². The number of rotatable bonds is 9. The molecule has 1 aliphatic heterocycles. The van der Waals surface area contributed by atoms with Crippen molar-refractivity contribution < 1.29 is 32.3 Å². The summed E-state index contributed by atoms with van der Waals surface area (Å²) in [5.41, 5.74) is -1.71. The number of hydrogen-bond donors (Lipinski definition) is 1. The Kier molecular flexibility index (Phi) is 7.68. The zero-order chi connectivity index (χ0) is 20.9. The fourth-order valence-corrected chi connectivity index (χ4v) is 4.09. The zero-order valence-electron chi connectivity index (χ0n) is 16.5. The molecule has 1 aliphatic rings. The molecule has 1 heterocycles. The summed E-state index contributed by atoms with van der Waals surface area (Å²) in [6, 6.07) is 6.29. The van der Waals surface area contributed by atoms with E-state index in [-0.39, 0.29) is 24.9 Å². The van der Waals surface area contributed by atoms with Gasteiger partial charge in [0.2, 0.25) is 0 Å². The van der Waals surface area contributed by atoms with E-state index in [1.54, 1.807) is 44.2 Å². The van der Waals surface area contributed by atoms with Gasteiger partial charge in [0.05, 0.1) is 24.8 Å². The summed E-state index contributed by atoms with van der Waals surface area (Å²) in [4.78, 5) is 12.1. The molecule has 0 saturated carbocycles. The third-order valence-corrected chi connectivity index (χ3v) is 5.66. The number of hydrogen-bond acceptors (Lipinski definition) is 6. The van der Waals surface area contributed by atoms with Crippen molar-refractivity contribution in [3.05, 3.63) is 30.3 Å². The Labute approximate surface area is 166 Å². The molecule has 2 rings (SSSR count). The van der Waals surface area contributed by atoms with Crippen molar-refractivity contribution in [2.75, 3.05) is 6.61 Å². The number of carbonyl (C=O) groups excluding carboxylic acids is 1. The molecule has 5 unspecified atom stereocenters. The van der Waals surface area contributed by atoms with Gasteiger partial charge in [-0.15, -0.1) is 0 Å². The minimum Gasteiger partial charge on any atom is -0.462 e. The second kappa shape index (κ2) is 9.40. The van der Waals surface area contributed by atoms with Crippen LogP contribution in [0.25, 0.3) is 0 Å². The van der Waals surface area contributed by atoms with Crippen molar-refractivity contribution in [2.24, 2.45) is 0 Å². The molecule has 0 bridgehead atoms. The molecule has 1 aromatic carbocycles. The molecule has 0 amide bonds. The highest BCUT2D eigenvalue weighted by atomic mass is 31.2. The summed E-state index contributed by atoms with van der Waals surface area (Å²) in [7, 11) is 1.60. The van der Waals surface area contributed by atoms with Gasteiger partial charge in [-0.2, -0.15) is 5.09 Å². The molecule has 5 atom stereocenters. The van der Waals surface area contributed by atoms with E-state index < -0.39 is 37.5 Å². The lowest BCUT2D eigenvalue weighted by Gasteiger charge is -2.24. The summed E-state index contributed by atoms with van der Waals surface area (Å²) in [6.07, 6.45) is -1.04. The van der Waals surface area contributed by atoms with Crippen LogP contribution in [0.5, 0.6) is 5.75 Å². The average molecular weight is 413 g/mol. The molecule has 2 radical (unpaired) electrons. The monoisotopic (exact) mass is 413 g/mol. The van der Waals surface area contributed by atoms with Gasteiger partial charge >= 0.3 is 13.7 Å². The lowest BCUT2D eigenvalue weighted by atomic mass is 9.85. The largest absolute Gasteiger partial charge is 0.462 e. The molecule has 1 saturated heterocycles. The molecule has 154 valence electrons. The number of benzene rings is 1. The summed E-state index contributed by atoms with van der Waals surface area (Å²) in [6.45, 7) is 6.00. The SMILES string of the molecule is [B]C1OC(COP(=O)(NC(C)C(=O)OC(C)C)Oc2ccccc2)CC1(C)F. The Balaban J connectivity index is 2.07. The first kappa shape index (κ1) is 22.9. The number of halogens is 1. The molecule has 28 heavy (non-hydrogen) atoms. The van der Waals surface area contributed by atoms with Crippen LogP contribution in [0.4, 0.5) is 4.39 Å². The van der Waals surface area contributed by atoms with Crippen LogP contribution in [-0.4, -0.2) is 50.3 Å². The van der Waals surface area contributed by atoms with Gasteiger partial charge in [-0.1, -0.05) is 18.2 Å². The second-order valence-corrected chi connectivity index (χ2v) is 8.89. The van der Waals surface area contributed by atoms with Gasteiger partial charge in [0, 0.05) is 6.42 Å². The van der Waals surface area contributed by atoms with Crippen molar-refractivity contribution in [2.45, 2.75) is 64.0 Å². The van der Waals surface area contributed by atoms with Gasteiger partial charge in [-0.05, 0) is 39.8 Å². The highest BCUT2D eigenvalue weighted by Gasteiger charge is 2.43. The minimum atomic E-state index is -4.00. The maximum Gasteiger partial charge on any atom is 0.459 e. The van der Waals surface area contributed by atoms with Gasteiger partial charge in [0.25, 0.3) is 0 Å². The molecule has 7 nitrogen and oxygen atoms in total. The average Bonchev–Trinajstić information content (AvgIpc) is 2.86. The number of nitrogens with one attached hydrogen (secondary N) is 1. The van der Waals surface area contributed by atoms with E-state index in [2.05, 4.69) is 5.09 Å². The van der Waals surface area contributed by atoms with Crippen molar-refractivity contribution in [1.82, 2.24) is 5.09 Å². The van der Waals surface area contributed by atoms with Crippen molar-refractivity contribution >= 4 is 21.6 Å². The number of alkyl halides is 1. The normalized spacial score (nSPS) is 27.9. The number of ether oxygens (including phenoxy) is 2. The molecular formula is C18H26BFNO6P. The van der Waals surface area contributed by atoms with E-state index >= 15 is 0 Å². The van der Waals surface area contributed by atoms with Crippen LogP contribution in [0, 0.1) is 0 Å². The smallest absolute Gasteiger partial charge is 0.459 e. The first-order valence-corrected chi connectivity index (χ1v) is 10.6. The molecule has 1 fully saturated rings. The van der Waals surface area contributed by atoms with Crippen LogP contribution in [0.15, 0.2) is 30.3 Å². The Bertz CT molecular complexity index is 705. The predicted octanol–water partition coefficient (Wildman–Crippen LogP) is 3.13. The van der Waals surface area contributed by atoms with Crippen LogP contribution in [0.2, 0.25) is 0 Å². The summed E-state index contributed by atoms with van der Waals surface area (Å²) in [5.74, 6) is -0.326. The van der Waals surface area contributed by atoms with Gasteiger partial charge in [-0.3, -0.25) is 9.32 Å². The predicted molar refractivity (Wildman–Crippen MR) is 103 cm³/mol. The fourth-order valence-electron chi connectivity index (χ4n) is 2.57. The molecule has 0 aromatic heterocycles. The van der Waals surface area contributed by atoms with Crippen LogP contribution in [0.1, 0.15) is 34.1 Å². The molecular weight excluding hydrogens is 387 g/mol. The summed E-state index contributed by atoms with van der Waals surface area (Å²) < 4.78 is 48.8. The van der Waals surface area contributed by atoms with Crippen LogP contribution in [0.3, 0.4) is 0 Å². The van der Waals surface area contributed by atoms with Crippen molar-refractivity contribution in [3.8, 4) is 5.75 Å². The van der Waals surface area contributed by atoms with Gasteiger partial charge in [0.1, 0.15) is 25.3 Å². The zero-order valence-corrected chi connectivity index (χ0v) is 17.4. The van der Waals surface area contributed by atoms with E-state index in [1.165, 1.54) is 13.8 Å². The Morgan fingerprint density at radius 1 is 1.39 bits per heavy atom. The standard InChI is InChI=1S/C18H26BFNO6P/c1-12(2)25-16(22)13(3)21-28(23,27-14-8-6-5-7-9-14)24-11-15-10-18(4,20)17(19)26-15/h5-9,12-13,15,17H,10-11H2,1-4H3,(H,21,23). The highest BCUT2D eigenvalue weighted by molar-refractivity contribution is 7.52. The summed E-state index contributed by atoms with van der Waals surface area (Å²) in [5, 5.41) is 2.56. The topological polar surface area (TPSA) is 83.1 Å². The Morgan fingerprint density at radius 2 is 2.04 bits per heavy atom. The number of para-hydroxylation sites is 1. The lowest BCUT2D eigenvalue weighted by molar-refractivity contribution is -0.149. The first-order valence-electron chi connectivity index (χ1n) is 9.08. The molecule has 0 spiro atoms. The quantitative estimate of drug-likeness (QED) is 0.378. The van der Waals surface area contributed by atoms with Gasteiger partial charge < -0.3 is 14.0 Å². The van der Waals surface area contributed by atoms with Crippen molar-refractivity contribution in [1.29, 1.82) is 0 Å². The Morgan fingerprint density at radius 3 is 2.57 bits per heavy atom. The molecule has 1 N–H and O–H groups in total. The second-order valence-electron chi connectivity index (χ2n) is 7.19. The number of carbonyl (C=O) groups is 1. The molecule has 10 heteroatoms. The fraction of sp³-hybridized carbons (Fsp3) is 0.611. The van der Waals surface area contributed by atoms with Crippen LogP contribution >= 0.6 is 7.75 Å². The van der Waals surface area contributed by atoms with Crippen LogP contribution < -0.4 is 9.61 Å². The third-order valence-electron chi connectivity index (χ3n) is 4.02.